The van der Waals surface area contributed by atoms with Gasteiger partial charge < -0.3 is 26.8 Å². The number of amides is 1. The van der Waals surface area contributed by atoms with Crippen molar-refractivity contribution < 1.29 is 27.5 Å². The number of allylic oxidation sites excluding steroid dienone is 3. The van der Waals surface area contributed by atoms with Gasteiger partial charge in [-0.2, -0.15) is 0 Å². The van der Waals surface area contributed by atoms with Crippen molar-refractivity contribution in [3.8, 4) is 5.75 Å². The Morgan fingerprint density at radius 2 is 2.00 bits per heavy atom. The van der Waals surface area contributed by atoms with Gasteiger partial charge in [-0.1, -0.05) is 5.21 Å². The number of pyridine rings is 1. The van der Waals surface area contributed by atoms with Gasteiger partial charge in [0.1, 0.15) is 29.5 Å². The van der Waals surface area contributed by atoms with Crippen molar-refractivity contribution in [2.75, 3.05) is 14.1 Å². The first-order valence-electron chi connectivity index (χ1n) is 11.8. The van der Waals surface area contributed by atoms with Crippen LogP contribution in [0.1, 0.15) is 41.7 Å². The second-order valence-electron chi connectivity index (χ2n) is 8.74. The highest BCUT2D eigenvalue weighted by atomic mass is 19.3. The van der Waals surface area contributed by atoms with Crippen molar-refractivity contribution >= 4 is 12.2 Å². The summed E-state index contributed by atoms with van der Waals surface area (Å²) in [6, 6.07) is 1.56. The largest absolute Gasteiger partial charge is 0.488 e. The molecule has 1 unspecified atom stereocenters. The molecule has 1 fully saturated rings. The number of rotatable bonds is 12. The summed E-state index contributed by atoms with van der Waals surface area (Å²) >= 11 is 0. The van der Waals surface area contributed by atoms with E-state index >= 15 is 0 Å². The summed E-state index contributed by atoms with van der Waals surface area (Å²) in [6.07, 6.45) is 5.38. The SMILES string of the molecule is CNC.N/C(=C\C=C(/N)NC(=O)Cc1cncc(OC2CC(F)(F)C2)c1)CCC(F)Cn1cc(C=O)nn1. The lowest BCUT2D eigenvalue weighted by Crippen LogP contribution is -2.43. The van der Waals surface area contributed by atoms with Crippen LogP contribution in [-0.2, 0) is 17.8 Å². The monoisotopic (exact) mass is 538 g/mol. The van der Waals surface area contributed by atoms with Crippen LogP contribution in [0, 0.1) is 0 Å². The molecule has 1 atom stereocenters. The number of carbonyl (C=O) groups is 2. The molecule has 14 heteroatoms. The number of hydrogen-bond donors (Lipinski definition) is 4. The average Bonchev–Trinajstić information content (AvgIpc) is 3.28. The average molecular weight is 539 g/mol. The number of aromatic nitrogens is 4. The third-order valence-electron chi connectivity index (χ3n) is 5.06. The smallest absolute Gasteiger partial charge is 0.255 e. The Balaban J connectivity index is 0.00000161. The number of nitrogens with one attached hydrogen (secondary N) is 2. The predicted octanol–water partition coefficient (Wildman–Crippen LogP) is 1.62. The van der Waals surface area contributed by atoms with E-state index < -0.39 is 24.1 Å². The molecule has 0 saturated heterocycles. The van der Waals surface area contributed by atoms with Crippen molar-refractivity contribution in [2.45, 2.75) is 56.8 Å². The Kier molecular flexibility index (Phi) is 11.7. The summed E-state index contributed by atoms with van der Waals surface area (Å²) in [5.41, 5.74) is 12.7. The normalized spacial score (nSPS) is 16.0. The molecule has 1 saturated carbocycles. The van der Waals surface area contributed by atoms with Gasteiger partial charge in [-0.15, -0.1) is 5.10 Å². The second-order valence-corrected chi connectivity index (χ2v) is 8.74. The Bertz CT molecular complexity index is 1110. The first kappa shape index (κ1) is 30.3. The quantitative estimate of drug-likeness (QED) is 0.232. The maximum Gasteiger partial charge on any atom is 0.255 e. The highest BCUT2D eigenvalue weighted by molar-refractivity contribution is 5.80. The van der Waals surface area contributed by atoms with Gasteiger partial charge in [0.05, 0.1) is 25.4 Å². The third-order valence-corrected chi connectivity index (χ3v) is 5.06. The Morgan fingerprint density at radius 3 is 2.63 bits per heavy atom. The fraction of sp³-hybridized carbons (Fsp3) is 0.458. The van der Waals surface area contributed by atoms with E-state index in [4.69, 9.17) is 16.2 Å². The fourth-order valence-electron chi connectivity index (χ4n) is 3.29. The van der Waals surface area contributed by atoms with Crippen LogP contribution in [0.3, 0.4) is 0 Å². The predicted molar refractivity (Wildman–Crippen MR) is 134 cm³/mol. The van der Waals surface area contributed by atoms with Crippen LogP contribution in [0.2, 0.25) is 0 Å². The van der Waals surface area contributed by atoms with Crippen LogP contribution in [0.25, 0.3) is 0 Å². The summed E-state index contributed by atoms with van der Waals surface area (Å²) in [7, 11) is 3.75. The summed E-state index contributed by atoms with van der Waals surface area (Å²) in [6.45, 7) is -0.0591. The second kappa shape index (κ2) is 14.7. The molecular formula is C24H33F3N8O3. The van der Waals surface area contributed by atoms with Crippen molar-refractivity contribution in [3.05, 3.63) is 59.6 Å². The molecule has 38 heavy (non-hydrogen) atoms. The van der Waals surface area contributed by atoms with Crippen LogP contribution < -0.4 is 26.8 Å². The Hall–Kier alpha value is -3.94. The molecule has 3 rings (SSSR count). The molecule has 0 aliphatic heterocycles. The zero-order chi connectivity index (χ0) is 28.1. The molecule has 0 spiro atoms. The van der Waals surface area contributed by atoms with E-state index in [2.05, 4.69) is 25.9 Å². The minimum absolute atomic E-state index is 0.0378. The van der Waals surface area contributed by atoms with Crippen molar-refractivity contribution in [2.24, 2.45) is 11.5 Å². The standard InChI is InChI=1S/C22H26F3N7O3.C2H7N/c23-15(11-32-12-17(13-33)30-31-32)1-2-16(26)3-4-20(27)29-21(34)6-14-5-18(10-28-9-14)35-19-7-22(24,25)8-19;1-3-2/h3-5,9-10,12-13,15,19H,1-2,6-8,11,26-27H2,(H,29,34);3H,1-2H3/b16-3-,20-4+;. The minimum atomic E-state index is -2.69. The van der Waals surface area contributed by atoms with Crippen LogP contribution in [0.4, 0.5) is 13.2 Å². The molecular weight excluding hydrogens is 505 g/mol. The maximum absolute atomic E-state index is 14.1. The van der Waals surface area contributed by atoms with Crippen LogP contribution in [0.5, 0.6) is 5.75 Å². The molecule has 208 valence electrons. The number of alkyl halides is 3. The lowest BCUT2D eigenvalue weighted by Gasteiger charge is -2.34. The molecule has 6 N–H and O–H groups in total. The zero-order valence-corrected chi connectivity index (χ0v) is 21.2. The lowest BCUT2D eigenvalue weighted by atomic mass is 9.91. The topological polar surface area (TPSA) is 163 Å². The molecule has 0 aromatic carbocycles. The molecule has 1 amide bonds. The van der Waals surface area contributed by atoms with Crippen LogP contribution in [-0.4, -0.2) is 64.5 Å². The Labute approximate surface area is 218 Å². The number of nitrogens with two attached hydrogens (primary N) is 2. The summed E-state index contributed by atoms with van der Waals surface area (Å²) in [5.74, 6) is -2.76. The molecule has 0 bridgehead atoms. The third kappa shape index (κ3) is 11.0. The van der Waals surface area contributed by atoms with Gasteiger partial charge >= 0.3 is 0 Å². The van der Waals surface area contributed by atoms with Gasteiger partial charge in [0.2, 0.25) is 5.91 Å². The molecule has 0 radical (unpaired) electrons. The highest BCUT2D eigenvalue weighted by Crippen LogP contribution is 2.39. The Morgan fingerprint density at radius 1 is 1.29 bits per heavy atom. The summed E-state index contributed by atoms with van der Waals surface area (Å²) in [4.78, 5) is 26.8. The number of halogens is 3. The van der Waals surface area contributed by atoms with Gasteiger partial charge in [0.25, 0.3) is 5.92 Å². The molecule has 2 heterocycles. The number of nitrogens with zero attached hydrogens (tertiary/aromatic N) is 4. The van der Waals surface area contributed by atoms with E-state index in [0.29, 0.717) is 23.3 Å². The summed E-state index contributed by atoms with van der Waals surface area (Å²) < 4.78 is 46.7. The van der Waals surface area contributed by atoms with Crippen molar-refractivity contribution in [1.29, 1.82) is 0 Å². The number of ether oxygens (including phenoxy) is 1. The van der Waals surface area contributed by atoms with Gasteiger partial charge in [0.15, 0.2) is 6.29 Å². The van der Waals surface area contributed by atoms with Gasteiger partial charge in [-0.05, 0) is 50.7 Å². The van der Waals surface area contributed by atoms with E-state index in [1.54, 1.807) is 6.07 Å². The molecule has 11 nitrogen and oxygen atoms in total. The van der Waals surface area contributed by atoms with E-state index in [1.165, 1.54) is 35.4 Å². The fourth-order valence-corrected chi connectivity index (χ4v) is 3.29. The van der Waals surface area contributed by atoms with Crippen LogP contribution >= 0.6 is 0 Å². The van der Waals surface area contributed by atoms with Gasteiger partial charge in [-0.25, -0.2) is 17.9 Å². The van der Waals surface area contributed by atoms with E-state index in [-0.39, 0.29) is 50.2 Å². The minimum Gasteiger partial charge on any atom is -0.488 e. The molecule has 1 aliphatic carbocycles. The first-order valence-corrected chi connectivity index (χ1v) is 11.8. The summed E-state index contributed by atoms with van der Waals surface area (Å²) in [5, 5.41) is 12.4. The molecule has 1 aliphatic rings. The van der Waals surface area contributed by atoms with E-state index in [1.807, 2.05) is 14.1 Å². The number of carbonyl (C=O) groups excluding carboxylic acids is 2. The highest BCUT2D eigenvalue weighted by Gasteiger charge is 2.47. The lowest BCUT2D eigenvalue weighted by molar-refractivity contribution is -0.134. The molecule has 2 aromatic heterocycles. The number of hydrogen-bond acceptors (Lipinski definition) is 9. The zero-order valence-electron chi connectivity index (χ0n) is 21.2. The van der Waals surface area contributed by atoms with E-state index in [0.717, 1.165) is 0 Å². The first-order chi connectivity index (χ1) is 18.0. The molecule has 2 aromatic rings. The van der Waals surface area contributed by atoms with Crippen molar-refractivity contribution in [3.63, 3.8) is 0 Å². The van der Waals surface area contributed by atoms with Crippen molar-refractivity contribution in [1.82, 2.24) is 30.6 Å². The van der Waals surface area contributed by atoms with Gasteiger partial charge in [0, 0.05) is 24.7 Å². The maximum atomic E-state index is 14.1. The number of aldehydes is 1. The van der Waals surface area contributed by atoms with Crippen LogP contribution in [0.15, 0.2) is 48.3 Å². The van der Waals surface area contributed by atoms with Gasteiger partial charge in [-0.3, -0.25) is 14.6 Å². The van der Waals surface area contributed by atoms with E-state index in [9.17, 15) is 22.8 Å².